The number of rotatable bonds is 4. The molecule has 2 N–H and O–H groups in total. The van der Waals surface area contributed by atoms with Gasteiger partial charge >= 0.3 is 0 Å². The lowest BCUT2D eigenvalue weighted by Gasteiger charge is -2.11. The Bertz CT molecular complexity index is 592. The Morgan fingerprint density at radius 3 is 2.63 bits per heavy atom. The lowest BCUT2D eigenvalue weighted by Crippen LogP contribution is -2.03. The molecule has 0 atom stereocenters. The molecule has 1 heterocycles. The van der Waals surface area contributed by atoms with E-state index in [0.29, 0.717) is 10.8 Å². The van der Waals surface area contributed by atoms with Gasteiger partial charge in [-0.1, -0.05) is 11.6 Å². The first-order valence-corrected chi connectivity index (χ1v) is 7.54. The molecule has 0 aliphatic carbocycles. The van der Waals surface area contributed by atoms with Crippen molar-refractivity contribution in [2.45, 2.75) is 6.92 Å². The van der Waals surface area contributed by atoms with Gasteiger partial charge in [0, 0.05) is 16.7 Å². The fourth-order valence-electron chi connectivity index (χ4n) is 1.46. The zero-order valence-corrected chi connectivity index (χ0v) is 14.0. The molecule has 0 saturated carbocycles. The summed E-state index contributed by atoms with van der Waals surface area (Å²) in [7, 11) is 0. The molecule has 7 heteroatoms. The molecule has 0 bridgehead atoms. The molecule has 0 spiro atoms. The Hall–Kier alpha value is -0.850. The van der Waals surface area contributed by atoms with E-state index in [1.54, 1.807) is 0 Å². The number of nitrogens with zero attached hydrogens (tertiary/aromatic N) is 2. The summed E-state index contributed by atoms with van der Waals surface area (Å²) in [4.78, 5) is 8.37. The van der Waals surface area contributed by atoms with Crippen molar-refractivity contribution >= 4 is 60.8 Å². The second-order valence-electron chi connectivity index (χ2n) is 3.67. The third kappa shape index (κ3) is 3.58. The summed E-state index contributed by atoms with van der Waals surface area (Å²) in [6, 6.07) is 5.59. The summed E-state index contributed by atoms with van der Waals surface area (Å²) < 4.78 is 1.62. The Kier molecular flexibility index (Phi) is 5.01. The van der Waals surface area contributed by atoms with E-state index in [0.717, 1.165) is 27.0 Å². The lowest BCUT2D eigenvalue weighted by atomic mass is 10.3. The van der Waals surface area contributed by atoms with Crippen LogP contribution in [0.25, 0.3) is 0 Å². The molecular weight excluding hydrogens is 395 g/mol. The number of nitrogens with one attached hydrogen (secondary N) is 2. The van der Waals surface area contributed by atoms with Crippen molar-refractivity contribution in [3.05, 3.63) is 38.5 Å². The predicted octanol–water partition coefficient (Wildman–Crippen LogP) is 4.83. The molecule has 0 aliphatic rings. The van der Waals surface area contributed by atoms with E-state index in [1.807, 2.05) is 25.1 Å². The van der Waals surface area contributed by atoms with Crippen LogP contribution in [0.5, 0.6) is 0 Å². The molecule has 0 unspecified atom stereocenters. The van der Waals surface area contributed by atoms with Crippen LogP contribution >= 0.6 is 43.5 Å². The maximum atomic E-state index is 5.96. The number of benzene rings is 1. The van der Waals surface area contributed by atoms with E-state index in [2.05, 4.69) is 52.5 Å². The smallest absolute Gasteiger partial charge is 0.150 e. The first kappa shape index (κ1) is 14.6. The summed E-state index contributed by atoms with van der Waals surface area (Å²) in [6.45, 7) is 2.81. The highest BCUT2D eigenvalue weighted by Gasteiger charge is 2.08. The van der Waals surface area contributed by atoms with Crippen molar-refractivity contribution < 1.29 is 0 Å². The summed E-state index contributed by atoms with van der Waals surface area (Å²) in [5, 5.41) is 7.03. The molecule has 2 aromatic rings. The molecule has 0 saturated heterocycles. The van der Waals surface area contributed by atoms with Gasteiger partial charge in [-0.25, -0.2) is 9.97 Å². The van der Waals surface area contributed by atoms with Gasteiger partial charge in [0.1, 0.15) is 22.4 Å². The largest absolute Gasteiger partial charge is 0.369 e. The second-order valence-corrected chi connectivity index (χ2v) is 5.72. The minimum atomic E-state index is 0.667. The normalized spacial score (nSPS) is 10.3. The average molecular weight is 407 g/mol. The molecule has 1 aromatic heterocycles. The van der Waals surface area contributed by atoms with Gasteiger partial charge < -0.3 is 10.6 Å². The van der Waals surface area contributed by atoms with Gasteiger partial charge in [-0.05, 0) is 57.0 Å². The minimum Gasteiger partial charge on any atom is -0.369 e. The average Bonchev–Trinajstić information content (AvgIpc) is 2.39. The number of anilines is 3. The van der Waals surface area contributed by atoms with Gasteiger partial charge in [-0.2, -0.15) is 0 Å². The molecule has 0 radical (unpaired) electrons. The summed E-state index contributed by atoms with van der Waals surface area (Å²) in [5.41, 5.74) is 0.887. The van der Waals surface area contributed by atoms with Crippen molar-refractivity contribution in [1.29, 1.82) is 0 Å². The van der Waals surface area contributed by atoms with Crippen LogP contribution in [-0.2, 0) is 0 Å². The molecule has 100 valence electrons. The van der Waals surface area contributed by atoms with Crippen LogP contribution < -0.4 is 10.6 Å². The van der Waals surface area contributed by atoms with E-state index in [1.165, 1.54) is 6.33 Å². The van der Waals surface area contributed by atoms with Gasteiger partial charge in [0.25, 0.3) is 0 Å². The fourth-order valence-corrected chi connectivity index (χ4v) is 2.40. The zero-order valence-electron chi connectivity index (χ0n) is 10.0. The monoisotopic (exact) mass is 404 g/mol. The highest BCUT2D eigenvalue weighted by Crippen LogP contribution is 2.31. The van der Waals surface area contributed by atoms with Crippen LogP contribution in [0, 0.1) is 0 Å². The molecule has 2 rings (SSSR count). The maximum Gasteiger partial charge on any atom is 0.150 e. The van der Waals surface area contributed by atoms with Crippen molar-refractivity contribution in [2.24, 2.45) is 0 Å². The SMILES string of the molecule is CCNc1ncnc(Nc2ccc(Cl)c(Br)c2)c1Br. The van der Waals surface area contributed by atoms with Crippen molar-refractivity contribution in [1.82, 2.24) is 9.97 Å². The number of hydrogen-bond donors (Lipinski definition) is 2. The van der Waals surface area contributed by atoms with Gasteiger partial charge in [-0.15, -0.1) is 0 Å². The van der Waals surface area contributed by atoms with Crippen molar-refractivity contribution in [3.63, 3.8) is 0 Å². The quantitative estimate of drug-likeness (QED) is 0.764. The van der Waals surface area contributed by atoms with Crippen LogP contribution in [-0.4, -0.2) is 16.5 Å². The zero-order chi connectivity index (χ0) is 13.8. The van der Waals surface area contributed by atoms with E-state index in [4.69, 9.17) is 11.6 Å². The van der Waals surface area contributed by atoms with Gasteiger partial charge in [0.15, 0.2) is 0 Å². The first-order chi connectivity index (χ1) is 9.11. The van der Waals surface area contributed by atoms with E-state index in [9.17, 15) is 0 Å². The van der Waals surface area contributed by atoms with Crippen LogP contribution in [0.4, 0.5) is 17.3 Å². The highest BCUT2D eigenvalue weighted by molar-refractivity contribution is 9.11. The van der Waals surface area contributed by atoms with Crippen molar-refractivity contribution in [3.8, 4) is 0 Å². The minimum absolute atomic E-state index is 0.667. The van der Waals surface area contributed by atoms with Crippen LogP contribution in [0.1, 0.15) is 6.92 Å². The third-order valence-electron chi connectivity index (χ3n) is 2.32. The fraction of sp³-hybridized carbons (Fsp3) is 0.167. The number of hydrogen-bond acceptors (Lipinski definition) is 4. The molecular formula is C12H11Br2ClN4. The van der Waals surface area contributed by atoms with Gasteiger partial charge in [0.05, 0.1) is 5.02 Å². The van der Waals surface area contributed by atoms with E-state index in [-0.39, 0.29) is 0 Å². The lowest BCUT2D eigenvalue weighted by molar-refractivity contribution is 1.10. The Morgan fingerprint density at radius 1 is 1.21 bits per heavy atom. The summed E-state index contributed by atoms with van der Waals surface area (Å²) in [5.74, 6) is 1.45. The molecule has 0 aliphatic heterocycles. The van der Waals surface area contributed by atoms with Crippen molar-refractivity contribution in [2.75, 3.05) is 17.2 Å². The topological polar surface area (TPSA) is 49.8 Å². The molecule has 1 aromatic carbocycles. The standard InChI is InChI=1S/C12H11Br2ClN4/c1-2-16-11-10(14)12(18-6-17-11)19-7-3-4-9(15)8(13)5-7/h3-6H,2H2,1H3,(H2,16,17,18,19). The van der Waals surface area contributed by atoms with E-state index >= 15 is 0 Å². The summed E-state index contributed by atoms with van der Waals surface area (Å²) in [6.07, 6.45) is 1.51. The van der Waals surface area contributed by atoms with Gasteiger partial charge in [-0.3, -0.25) is 0 Å². The third-order valence-corrected chi connectivity index (χ3v) is 4.28. The van der Waals surface area contributed by atoms with Crippen LogP contribution in [0.3, 0.4) is 0 Å². The van der Waals surface area contributed by atoms with Crippen LogP contribution in [0.2, 0.25) is 5.02 Å². The molecule has 4 nitrogen and oxygen atoms in total. The van der Waals surface area contributed by atoms with Crippen LogP contribution in [0.15, 0.2) is 33.5 Å². The Balaban J connectivity index is 2.27. The van der Waals surface area contributed by atoms with E-state index < -0.39 is 0 Å². The Morgan fingerprint density at radius 2 is 1.95 bits per heavy atom. The second kappa shape index (κ2) is 6.54. The molecule has 19 heavy (non-hydrogen) atoms. The molecule has 0 fully saturated rings. The summed E-state index contributed by atoms with van der Waals surface area (Å²) >= 11 is 12.8. The van der Waals surface area contributed by atoms with Gasteiger partial charge in [0.2, 0.25) is 0 Å². The number of halogens is 3. The first-order valence-electron chi connectivity index (χ1n) is 5.58. The Labute approximate surface area is 133 Å². The maximum absolute atomic E-state index is 5.96. The predicted molar refractivity (Wildman–Crippen MR) is 86.3 cm³/mol. The number of aromatic nitrogens is 2. The molecule has 0 amide bonds. The highest BCUT2D eigenvalue weighted by atomic mass is 79.9.